The van der Waals surface area contributed by atoms with Gasteiger partial charge in [-0.25, -0.2) is 5.43 Å². The third-order valence-corrected chi connectivity index (χ3v) is 3.97. The number of hydrogen-bond donors (Lipinski definition) is 3. The Hall–Kier alpha value is -3.88. The van der Waals surface area contributed by atoms with Gasteiger partial charge in [0.25, 0.3) is 5.91 Å². The summed E-state index contributed by atoms with van der Waals surface area (Å²) in [6.07, 6.45) is 1.37. The summed E-state index contributed by atoms with van der Waals surface area (Å²) in [5, 5.41) is 8.93. The van der Waals surface area contributed by atoms with Crippen LogP contribution in [-0.4, -0.2) is 43.7 Å². The second kappa shape index (κ2) is 12.0. The number of nitrogens with one attached hydrogen (secondary N) is 3. The Labute approximate surface area is 180 Å². The van der Waals surface area contributed by atoms with Crippen LogP contribution in [0, 0.1) is 6.92 Å². The van der Waals surface area contributed by atoms with Gasteiger partial charge in [-0.2, -0.15) is 5.10 Å². The van der Waals surface area contributed by atoms with Gasteiger partial charge in [-0.3, -0.25) is 14.4 Å². The molecule has 0 saturated carbocycles. The molecular weight excluding hydrogens is 400 g/mol. The molecule has 3 amide bonds. The van der Waals surface area contributed by atoms with Crippen molar-refractivity contribution < 1.29 is 23.9 Å². The first kappa shape index (κ1) is 23.4. The van der Waals surface area contributed by atoms with E-state index in [9.17, 15) is 14.4 Å². The topological polar surface area (TPSA) is 118 Å². The van der Waals surface area contributed by atoms with Gasteiger partial charge in [0.1, 0.15) is 0 Å². The van der Waals surface area contributed by atoms with Crippen molar-refractivity contribution in [1.82, 2.24) is 10.7 Å². The molecule has 0 spiro atoms. The van der Waals surface area contributed by atoms with Crippen molar-refractivity contribution in [1.29, 1.82) is 0 Å². The molecule has 0 heterocycles. The van der Waals surface area contributed by atoms with Crippen LogP contribution in [-0.2, 0) is 14.4 Å². The Morgan fingerprint density at radius 3 is 2.48 bits per heavy atom. The molecule has 0 aromatic heterocycles. The van der Waals surface area contributed by atoms with Gasteiger partial charge in [-0.15, -0.1) is 0 Å². The average molecular weight is 426 g/mol. The fourth-order valence-corrected chi connectivity index (χ4v) is 2.49. The minimum atomic E-state index is -0.859. The standard InChI is InChI=1S/C22H26N4O5/c1-4-23-21(28)22(29)26-24-13-16-10-11-18(19(12-16)30-5-2)31-14-20(27)25-17-9-7-6-8-15(17)3/h6-13H,4-5,14H2,1-3H3,(H,23,28)(H,25,27)(H,26,29)/b24-13-. The Bertz CT molecular complexity index is 959. The summed E-state index contributed by atoms with van der Waals surface area (Å²) in [5.74, 6) is -1.10. The van der Waals surface area contributed by atoms with E-state index in [4.69, 9.17) is 9.47 Å². The van der Waals surface area contributed by atoms with Gasteiger partial charge < -0.3 is 20.1 Å². The number of ether oxygens (including phenoxy) is 2. The normalized spacial score (nSPS) is 10.4. The molecule has 0 aliphatic carbocycles. The van der Waals surface area contributed by atoms with Crippen LogP contribution in [0.1, 0.15) is 25.0 Å². The van der Waals surface area contributed by atoms with Crippen molar-refractivity contribution in [3.63, 3.8) is 0 Å². The summed E-state index contributed by atoms with van der Waals surface area (Å²) in [7, 11) is 0. The zero-order valence-electron chi connectivity index (χ0n) is 17.7. The number of nitrogens with zero attached hydrogens (tertiary/aromatic N) is 1. The fourth-order valence-electron chi connectivity index (χ4n) is 2.49. The number of likely N-dealkylation sites (N-methyl/N-ethyl adjacent to an activating group) is 1. The molecule has 0 atom stereocenters. The summed E-state index contributed by atoms with van der Waals surface area (Å²) >= 11 is 0. The molecule has 0 radical (unpaired) electrons. The molecule has 0 bridgehead atoms. The van der Waals surface area contributed by atoms with Crippen LogP contribution in [0.15, 0.2) is 47.6 Å². The molecule has 0 saturated heterocycles. The van der Waals surface area contributed by atoms with Crippen LogP contribution in [0.25, 0.3) is 0 Å². The lowest BCUT2D eigenvalue weighted by Gasteiger charge is -2.13. The van der Waals surface area contributed by atoms with Crippen molar-refractivity contribution >= 4 is 29.6 Å². The van der Waals surface area contributed by atoms with E-state index in [1.807, 2.05) is 38.1 Å². The van der Waals surface area contributed by atoms with E-state index in [0.29, 0.717) is 30.2 Å². The summed E-state index contributed by atoms with van der Waals surface area (Å²) < 4.78 is 11.2. The van der Waals surface area contributed by atoms with Crippen molar-refractivity contribution in [2.24, 2.45) is 5.10 Å². The number of anilines is 1. The van der Waals surface area contributed by atoms with Crippen LogP contribution >= 0.6 is 0 Å². The van der Waals surface area contributed by atoms with Gasteiger partial charge >= 0.3 is 11.8 Å². The zero-order chi connectivity index (χ0) is 22.6. The van der Waals surface area contributed by atoms with Crippen LogP contribution in [0.4, 0.5) is 5.69 Å². The molecule has 31 heavy (non-hydrogen) atoms. The van der Waals surface area contributed by atoms with Crippen LogP contribution in [0.2, 0.25) is 0 Å². The van der Waals surface area contributed by atoms with Crippen molar-refractivity contribution in [3.05, 3.63) is 53.6 Å². The molecule has 0 aliphatic heterocycles. The van der Waals surface area contributed by atoms with Crippen LogP contribution < -0.4 is 25.5 Å². The Morgan fingerprint density at radius 1 is 1.00 bits per heavy atom. The van der Waals surface area contributed by atoms with Gasteiger partial charge in [-0.1, -0.05) is 18.2 Å². The second-order valence-electron chi connectivity index (χ2n) is 6.35. The van der Waals surface area contributed by atoms with E-state index in [2.05, 4.69) is 21.2 Å². The van der Waals surface area contributed by atoms with E-state index in [1.165, 1.54) is 6.21 Å². The molecule has 9 heteroatoms. The molecule has 2 aromatic rings. The predicted octanol–water partition coefficient (Wildman–Crippen LogP) is 2.00. The highest BCUT2D eigenvalue weighted by molar-refractivity contribution is 6.35. The number of hydrazone groups is 1. The maximum atomic E-state index is 12.2. The van der Waals surface area contributed by atoms with Crippen LogP contribution in [0.5, 0.6) is 11.5 Å². The number of para-hydroxylation sites is 1. The van der Waals surface area contributed by atoms with Crippen molar-refractivity contribution in [2.75, 3.05) is 25.1 Å². The SMILES string of the molecule is CCNC(=O)C(=O)N/N=C\c1ccc(OCC(=O)Nc2ccccc2C)c(OCC)c1. The number of hydrogen-bond acceptors (Lipinski definition) is 6. The smallest absolute Gasteiger partial charge is 0.329 e. The third-order valence-electron chi connectivity index (χ3n) is 3.97. The van der Waals surface area contributed by atoms with E-state index < -0.39 is 11.8 Å². The summed E-state index contributed by atoms with van der Waals surface area (Å²) in [4.78, 5) is 35.1. The monoisotopic (exact) mass is 426 g/mol. The molecule has 0 aliphatic rings. The highest BCUT2D eigenvalue weighted by atomic mass is 16.5. The average Bonchev–Trinajstić information content (AvgIpc) is 2.75. The minimum Gasteiger partial charge on any atom is -0.490 e. The molecule has 0 unspecified atom stereocenters. The Balaban J connectivity index is 1.98. The van der Waals surface area contributed by atoms with Crippen molar-refractivity contribution in [2.45, 2.75) is 20.8 Å². The lowest BCUT2D eigenvalue weighted by Crippen LogP contribution is -2.37. The number of amides is 3. The zero-order valence-corrected chi connectivity index (χ0v) is 17.7. The van der Waals surface area contributed by atoms with Gasteiger partial charge in [0.2, 0.25) is 0 Å². The van der Waals surface area contributed by atoms with Crippen LogP contribution in [0.3, 0.4) is 0 Å². The first-order chi connectivity index (χ1) is 14.9. The highest BCUT2D eigenvalue weighted by Crippen LogP contribution is 2.28. The molecule has 0 fully saturated rings. The van der Waals surface area contributed by atoms with Gasteiger partial charge in [-0.05, 0) is 56.2 Å². The quantitative estimate of drug-likeness (QED) is 0.322. The van der Waals surface area contributed by atoms with Crippen molar-refractivity contribution in [3.8, 4) is 11.5 Å². The lowest BCUT2D eigenvalue weighted by atomic mass is 10.2. The van der Waals surface area contributed by atoms with E-state index in [1.54, 1.807) is 25.1 Å². The fraction of sp³-hybridized carbons (Fsp3) is 0.273. The molecular formula is C22H26N4O5. The lowest BCUT2D eigenvalue weighted by molar-refractivity contribution is -0.139. The maximum Gasteiger partial charge on any atom is 0.329 e. The first-order valence-electron chi connectivity index (χ1n) is 9.81. The molecule has 2 rings (SSSR count). The third kappa shape index (κ3) is 7.46. The second-order valence-corrected chi connectivity index (χ2v) is 6.35. The first-order valence-corrected chi connectivity index (χ1v) is 9.81. The molecule has 2 aromatic carbocycles. The van der Waals surface area contributed by atoms with Gasteiger partial charge in [0.05, 0.1) is 12.8 Å². The van der Waals surface area contributed by atoms with E-state index in [0.717, 1.165) is 11.3 Å². The number of aryl methyl sites for hydroxylation is 1. The summed E-state index contributed by atoms with van der Waals surface area (Å²) in [6, 6.07) is 12.4. The molecule has 164 valence electrons. The van der Waals surface area contributed by atoms with E-state index >= 15 is 0 Å². The number of carbonyl (C=O) groups is 3. The number of benzene rings is 2. The number of rotatable bonds is 9. The van der Waals surface area contributed by atoms with Gasteiger partial charge in [0, 0.05) is 12.2 Å². The Morgan fingerprint density at radius 2 is 1.77 bits per heavy atom. The summed E-state index contributed by atoms with van der Waals surface area (Å²) in [5.41, 5.74) is 4.43. The maximum absolute atomic E-state index is 12.2. The molecule has 9 nitrogen and oxygen atoms in total. The molecule has 3 N–H and O–H groups in total. The minimum absolute atomic E-state index is 0.190. The predicted molar refractivity (Wildman–Crippen MR) is 117 cm³/mol. The highest BCUT2D eigenvalue weighted by Gasteiger charge is 2.12. The van der Waals surface area contributed by atoms with Gasteiger partial charge in [0.15, 0.2) is 18.1 Å². The summed E-state index contributed by atoms with van der Waals surface area (Å²) in [6.45, 7) is 5.98. The number of carbonyl (C=O) groups excluding carboxylic acids is 3. The Kier molecular flexibility index (Phi) is 9.03. The van der Waals surface area contributed by atoms with E-state index in [-0.39, 0.29) is 12.5 Å². The largest absolute Gasteiger partial charge is 0.490 e.